The van der Waals surface area contributed by atoms with Crippen LogP contribution in [0.15, 0.2) is 40.8 Å². The van der Waals surface area contributed by atoms with Crippen molar-refractivity contribution in [3.05, 3.63) is 52.3 Å². The molecule has 4 bridgehead atoms. The van der Waals surface area contributed by atoms with Crippen LogP contribution in [-0.4, -0.2) is 16.9 Å². The summed E-state index contributed by atoms with van der Waals surface area (Å²) in [5.74, 6) is 3.18. The number of carbonyl (C=O) groups is 1. The Bertz CT molecular complexity index is 911. The SMILES string of the molecule is C[C@H](NC(=O)c1ccc(-c2ccc([N+](=O)[O-])cc2)o1)C12CC3CC(CC(C3)C1)C2. The highest BCUT2D eigenvalue weighted by atomic mass is 16.6. The number of hydrogen-bond acceptors (Lipinski definition) is 4. The van der Waals surface area contributed by atoms with Gasteiger partial charge in [-0.05, 0) is 92.9 Å². The van der Waals surface area contributed by atoms with E-state index in [-0.39, 0.29) is 28.8 Å². The van der Waals surface area contributed by atoms with E-state index < -0.39 is 4.92 Å². The number of amides is 1. The standard InChI is InChI=1S/C23H26N2O4/c1-14(23-11-15-8-16(12-23)10-17(9-15)13-23)24-22(26)21-7-6-20(29-21)18-2-4-19(5-3-18)25(27)28/h2-7,14-17H,8-13H2,1H3,(H,24,26)/t14-,15?,16?,17?,23?/m0/s1. The summed E-state index contributed by atoms with van der Waals surface area (Å²) in [6.45, 7) is 2.16. The van der Waals surface area contributed by atoms with E-state index >= 15 is 0 Å². The van der Waals surface area contributed by atoms with Gasteiger partial charge in [0.2, 0.25) is 0 Å². The zero-order valence-corrected chi connectivity index (χ0v) is 16.6. The van der Waals surface area contributed by atoms with Gasteiger partial charge in [0.1, 0.15) is 5.76 Å². The predicted molar refractivity (Wildman–Crippen MR) is 108 cm³/mol. The summed E-state index contributed by atoms with van der Waals surface area (Å²) in [7, 11) is 0. The Balaban J connectivity index is 1.29. The van der Waals surface area contributed by atoms with Crippen LogP contribution in [-0.2, 0) is 0 Å². The van der Waals surface area contributed by atoms with Gasteiger partial charge in [-0.25, -0.2) is 0 Å². The van der Waals surface area contributed by atoms with Crippen molar-refractivity contribution in [1.29, 1.82) is 0 Å². The summed E-state index contributed by atoms with van der Waals surface area (Å²) in [4.78, 5) is 23.2. The molecule has 1 amide bonds. The third-order valence-corrected chi connectivity index (χ3v) is 7.54. The molecule has 4 aliphatic carbocycles. The van der Waals surface area contributed by atoms with E-state index in [0.29, 0.717) is 11.3 Å². The lowest BCUT2D eigenvalue weighted by molar-refractivity contribution is -0.384. The molecular weight excluding hydrogens is 368 g/mol. The van der Waals surface area contributed by atoms with E-state index in [0.717, 1.165) is 17.8 Å². The van der Waals surface area contributed by atoms with Gasteiger partial charge in [0.05, 0.1) is 4.92 Å². The average molecular weight is 394 g/mol. The van der Waals surface area contributed by atoms with E-state index in [1.165, 1.54) is 50.7 Å². The van der Waals surface area contributed by atoms with Gasteiger partial charge in [0, 0.05) is 23.7 Å². The summed E-state index contributed by atoms with van der Waals surface area (Å²) in [5.41, 5.74) is 0.990. The Morgan fingerprint density at radius 1 is 1.07 bits per heavy atom. The molecule has 4 fully saturated rings. The topological polar surface area (TPSA) is 85.4 Å². The largest absolute Gasteiger partial charge is 0.451 e. The van der Waals surface area contributed by atoms with Crippen molar-refractivity contribution in [1.82, 2.24) is 5.32 Å². The molecule has 1 atom stereocenters. The number of nitrogens with zero attached hydrogens (tertiary/aromatic N) is 1. The van der Waals surface area contributed by atoms with E-state index in [1.807, 2.05) is 0 Å². The minimum Gasteiger partial charge on any atom is -0.451 e. The molecule has 4 saturated carbocycles. The third kappa shape index (κ3) is 3.24. The molecular formula is C23H26N2O4. The zero-order valence-electron chi connectivity index (χ0n) is 16.6. The molecule has 6 rings (SSSR count). The monoisotopic (exact) mass is 394 g/mol. The van der Waals surface area contributed by atoms with Gasteiger partial charge in [0.25, 0.3) is 11.6 Å². The van der Waals surface area contributed by atoms with Crippen LogP contribution in [0.2, 0.25) is 0 Å². The number of carbonyl (C=O) groups excluding carboxylic acids is 1. The lowest BCUT2D eigenvalue weighted by atomic mass is 9.48. The van der Waals surface area contributed by atoms with E-state index in [2.05, 4.69) is 12.2 Å². The van der Waals surface area contributed by atoms with Crippen LogP contribution in [0.4, 0.5) is 5.69 Å². The summed E-state index contributed by atoms with van der Waals surface area (Å²) in [5, 5.41) is 14.0. The first-order chi connectivity index (χ1) is 13.9. The molecule has 4 aliphatic rings. The number of non-ortho nitro benzene ring substituents is 1. The maximum Gasteiger partial charge on any atom is 0.287 e. The first kappa shape index (κ1) is 18.4. The van der Waals surface area contributed by atoms with Crippen LogP contribution in [0, 0.1) is 33.3 Å². The second-order valence-electron chi connectivity index (χ2n) is 9.44. The summed E-state index contributed by atoms with van der Waals surface area (Å²) < 4.78 is 5.77. The number of nitro benzene ring substituents is 1. The number of benzene rings is 1. The maximum atomic E-state index is 12.8. The lowest BCUT2D eigenvalue weighted by Gasteiger charge is -2.59. The predicted octanol–water partition coefficient (Wildman–Crippen LogP) is 5.19. The van der Waals surface area contributed by atoms with Gasteiger partial charge in [-0.1, -0.05) is 0 Å². The fourth-order valence-electron chi connectivity index (χ4n) is 6.49. The van der Waals surface area contributed by atoms with Crippen LogP contribution in [0.25, 0.3) is 11.3 Å². The second-order valence-corrected chi connectivity index (χ2v) is 9.44. The lowest BCUT2D eigenvalue weighted by Crippen LogP contribution is -2.55. The first-order valence-electron chi connectivity index (χ1n) is 10.6. The number of hydrogen-bond donors (Lipinski definition) is 1. The fraction of sp³-hybridized carbons (Fsp3) is 0.522. The van der Waals surface area contributed by atoms with E-state index in [4.69, 9.17) is 4.42 Å². The van der Waals surface area contributed by atoms with Crippen molar-refractivity contribution in [3.8, 4) is 11.3 Å². The van der Waals surface area contributed by atoms with Crippen LogP contribution in [0.3, 0.4) is 0 Å². The van der Waals surface area contributed by atoms with Gasteiger partial charge in [-0.15, -0.1) is 0 Å². The Labute approximate surface area is 169 Å². The fourth-order valence-corrected chi connectivity index (χ4v) is 6.49. The molecule has 0 saturated heterocycles. The Morgan fingerprint density at radius 2 is 1.66 bits per heavy atom. The van der Waals surface area contributed by atoms with Crippen LogP contribution in [0.5, 0.6) is 0 Å². The Morgan fingerprint density at radius 3 is 2.21 bits per heavy atom. The van der Waals surface area contributed by atoms with Gasteiger partial charge >= 0.3 is 0 Å². The zero-order chi connectivity index (χ0) is 20.2. The molecule has 1 heterocycles. The molecule has 2 aromatic rings. The Hall–Kier alpha value is -2.63. The van der Waals surface area contributed by atoms with E-state index in [1.54, 1.807) is 24.3 Å². The van der Waals surface area contributed by atoms with Crippen molar-refractivity contribution in [3.63, 3.8) is 0 Å². The molecule has 0 spiro atoms. The first-order valence-corrected chi connectivity index (χ1v) is 10.6. The molecule has 6 heteroatoms. The molecule has 152 valence electrons. The summed E-state index contributed by atoms with van der Waals surface area (Å²) in [6, 6.07) is 9.70. The van der Waals surface area contributed by atoms with Crippen molar-refractivity contribution in [2.24, 2.45) is 23.2 Å². The minimum atomic E-state index is -0.434. The smallest absolute Gasteiger partial charge is 0.287 e. The van der Waals surface area contributed by atoms with Crippen molar-refractivity contribution in [2.45, 2.75) is 51.5 Å². The van der Waals surface area contributed by atoms with Gasteiger partial charge in [-0.3, -0.25) is 14.9 Å². The van der Waals surface area contributed by atoms with Gasteiger partial charge < -0.3 is 9.73 Å². The number of furan rings is 1. The van der Waals surface area contributed by atoms with Crippen LogP contribution < -0.4 is 5.32 Å². The Kier molecular flexibility index (Phi) is 4.26. The maximum absolute atomic E-state index is 12.8. The number of rotatable bonds is 5. The molecule has 6 nitrogen and oxygen atoms in total. The van der Waals surface area contributed by atoms with Gasteiger partial charge in [-0.2, -0.15) is 0 Å². The molecule has 1 N–H and O–H groups in total. The quantitative estimate of drug-likeness (QED) is 0.559. The number of nitrogens with one attached hydrogen (secondary N) is 1. The molecule has 1 aromatic carbocycles. The minimum absolute atomic E-state index is 0.0303. The molecule has 0 aliphatic heterocycles. The van der Waals surface area contributed by atoms with Crippen LogP contribution in [0.1, 0.15) is 56.0 Å². The van der Waals surface area contributed by atoms with Crippen molar-refractivity contribution >= 4 is 11.6 Å². The van der Waals surface area contributed by atoms with E-state index in [9.17, 15) is 14.9 Å². The molecule has 0 radical (unpaired) electrons. The highest BCUT2D eigenvalue weighted by molar-refractivity contribution is 5.92. The average Bonchev–Trinajstić information content (AvgIpc) is 3.17. The highest BCUT2D eigenvalue weighted by Crippen LogP contribution is 2.61. The molecule has 1 aromatic heterocycles. The molecule has 0 unspecified atom stereocenters. The number of nitro groups is 1. The van der Waals surface area contributed by atoms with Crippen molar-refractivity contribution in [2.75, 3.05) is 0 Å². The highest BCUT2D eigenvalue weighted by Gasteiger charge is 2.53. The second kappa shape index (κ2) is 6.71. The summed E-state index contributed by atoms with van der Waals surface area (Å²) >= 11 is 0. The summed E-state index contributed by atoms with van der Waals surface area (Å²) in [6.07, 6.45) is 7.88. The normalized spacial score (nSPS) is 30.9. The van der Waals surface area contributed by atoms with Crippen LogP contribution >= 0.6 is 0 Å². The molecule has 29 heavy (non-hydrogen) atoms. The van der Waals surface area contributed by atoms with Gasteiger partial charge in [0.15, 0.2) is 5.76 Å². The third-order valence-electron chi connectivity index (χ3n) is 7.54. The van der Waals surface area contributed by atoms with Crippen molar-refractivity contribution < 1.29 is 14.1 Å².